The molecule has 0 atom stereocenters. The van der Waals surface area contributed by atoms with Crippen molar-refractivity contribution in [3.05, 3.63) is 47.3 Å². The second-order valence-corrected chi connectivity index (χ2v) is 7.53. The van der Waals surface area contributed by atoms with E-state index in [4.69, 9.17) is 12.2 Å². The maximum absolute atomic E-state index is 12.7. The highest BCUT2D eigenvalue weighted by Gasteiger charge is 2.34. The van der Waals surface area contributed by atoms with Crippen molar-refractivity contribution < 1.29 is 13.2 Å². The van der Waals surface area contributed by atoms with Crippen LogP contribution >= 0.6 is 12.2 Å². The Morgan fingerprint density at radius 1 is 1.16 bits per heavy atom. The Bertz CT molecular complexity index is 1030. The van der Waals surface area contributed by atoms with Crippen LogP contribution in [0.1, 0.15) is 36.0 Å². The molecule has 0 unspecified atom stereocenters. The van der Waals surface area contributed by atoms with Gasteiger partial charge >= 0.3 is 6.18 Å². The highest BCUT2D eigenvalue weighted by Crippen LogP contribution is 2.28. The second-order valence-electron chi connectivity index (χ2n) is 7.12. The van der Waals surface area contributed by atoms with E-state index in [1.165, 1.54) is 4.68 Å². The van der Waals surface area contributed by atoms with Crippen LogP contribution in [0.15, 0.2) is 24.7 Å². The third-order valence-corrected chi connectivity index (χ3v) is 5.08. The van der Waals surface area contributed by atoms with Gasteiger partial charge in [-0.25, -0.2) is 0 Å². The molecule has 3 aromatic heterocycles. The van der Waals surface area contributed by atoms with Gasteiger partial charge in [-0.05, 0) is 45.5 Å². The van der Waals surface area contributed by atoms with Gasteiger partial charge in [-0.3, -0.25) is 14.0 Å². The van der Waals surface area contributed by atoms with Crippen LogP contribution in [-0.2, 0) is 25.8 Å². The average molecular weight is 455 g/mol. The lowest BCUT2D eigenvalue weighted by molar-refractivity contribution is -0.141. The molecule has 168 valence electrons. The summed E-state index contributed by atoms with van der Waals surface area (Å²) >= 11 is 5.28. The van der Waals surface area contributed by atoms with Crippen molar-refractivity contribution in [3.8, 4) is 0 Å². The molecule has 0 spiro atoms. The molecule has 0 fully saturated rings. The number of rotatable bonds is 8. The highest BCUT2D eigenvalue weighted by molar-refractivity contribution is 7.80. The Labute approximate surface area is 183 Å². The molecule has 31 heavy (non-hydrogen) atoms. The summed E-state index contributed by atoms with van der Waals surface area (Å²) < 4.78 is 43.2. The molecule has 0 bridgehead atoms. The SMILES string of the molecule is CCn1ncc(Cn2cc(NC(=S)NCCCn3nc(C(F)(F)F)cc3C)cn2)c1C. The Balaban J connectivity index is 1.43. The molecule has 0 aliphatic rings. The van der Waals surface area contributed by atoms with Crippen molar-refractivity contribution in [2.45, 2.75) is 53.0 Å². The minimum absolute atomic E-state index is 0.361. The maximum Gasteiger partial charge on any atom is 0.435 e. The van der Waals surface area contributed by atoms with E-state index in [2.05, 4.69) is 25.9 Å². The van der Waals surface area contributed by atoms with E-state index in [0.29, 0.717) is 36.9 Å². The summed E-state index contributed by atoms with van der Waals surface area (Å²) in [5.41, 5.74) is 2.56. The summed E-state index contributed by atoms with van der Waals surface area (Å²) in [6.07, 6.45) is 1.52. The molecule has 0 saturated heterocycles. The molecular formula is C19H25F3N8S. The number of nitrogens with zero attached hydrogens (tertiary/aromatic N) is 6. The first-order valence-corrected chi connectivity index (χ1v) is 10.3. The van der Waals surface area contributed by atoms with Crippen LogP contribution in [0.5, 0.6) is 0 Å². The number of hydrogen-bond acceptors (Lipinski definition) is 4. The van der Waals surface area contributed by atoms with Crippen molar-refractivity contribution in [1.29, 1.82) is 0 Å². The molecule has 0 aliphatic carbocycles. The van der Waals surface area contributed by atoms with Crippen LogP contribution in [0.25, 0.3) is 0 Å². The number of hydrogen-bond donors (Lipinski definition) is 2. The molecule has 0 saturated carbocycles. The predicted octanol–water partition coefficient (Wildman–Crippen LogP) is 3.36. The third kappa shape index (κ3) is 5.84. The van der Waals surface area contributed by atoms with Crippen LogP contribution in [0.2, 0.25) is 0 Å². The molecule has 12 heteroatoms. The Morgan fingerprint density at radius 3 is 2.58 bits per heavy atom. The molecule has 3 aromatic rings. The topological polar surface area (TPSA) is 77.5 Å². The number of nitrogens with one attached hydrogen (secondary N) is 2. The average Bonchev–Trinajstić information content (AvgIpc) is 3.39. The molecule has 2 N–H and O–H groups in total. The summed E-state index contributed by atoms with van der Waals surface area (Å²) in [6.45, 7) is 7.97. The Kier molecular flexibility index (Phi) is 6.98. The van der Waals surface area contributed by atoms with E-state index in [9.17, 15) is 13.2 Å². The summed E-state index contributed by atoms with van der Waals surface area (Å²) in [5, 5.41) is 18.8. The van der Waals surface area contributed by atoms with E-state index < -0.39 is 11.9 Å². The zero-order chi connectivity index (χ0) is 22.6. The first-order chi connectivity index (χ1) is 14.7. The predicted molar refractivity (Wildman–Crippen MR) is 115 cm³/mol. The molecule has 0 radical (unpaired) electrons. The van der Waals surface area contributed by atoms with E-state index in [1.54, 1.807) is 17.8 Å². The van der Waals surface area contributed by atoms with Gasteiger partial charge in [0.15, 0.2) is 10.8 Å². The smallest absolute Gasteiger partial charge is 0.362 e. The fraction of sp³-hybridized carbons (Fsp3) is 0.474. The van der Waals surface area contributed by atoms with Crippen LogP contribution in [0.3, 0.4) is 0 Å². The van der Waals surface area contributed by atoms with Crippen molar-refractivity contribution in [2.24, 2.45) is 0 Å². The third-order valence-electron chi connectivity index (χ3n) is 4.83. The fourth-order valence-corrected chi connectivity index (χ4v) is 3.35. The van der Waals surface area contributed by atoms with Gasteiger partial charge in [0.25, 0.3) is 0 Å². The lowest BCUT2D eigenvalue weighted by atomic mass is 10.2. The lowest BCUT2D eigenvalue weighted by Crippen LogP contribution is -2.29. The number of aryl methyl sites for hydroxylation is 3. The zero-order valence-electron chi connectivity index (χ0n) is 17.6. The van der Waals surface area contributed by atoms with Gasteiger partial charge in [0.1, 0.15) is 0 Å². The van der Waals surface area contributed by atoms with Gasteiger partial charge in [0.05, 0.1) is 24.6 Å². The Morgan fingerprint density at radius 2 is 1.94 bits per heavy atom. The monoisotopic (exact) mass is 454 g/mol. The van der Waals surface area contributed by atoms with E-state index in [1.807, 2.05) is 30.9 Å². The van der Waals surface area contributed by atoms with E-state index >= 15 is 0 Å². The fourth-order valence-electron chi connectivity index (χ4n) is 3.13. The van der Waals surface area contributed by atoms with Crippen molar-refractivity contribution >= 4 is 23.0 Å². The van der Waals surface area contributed by atoms with Gasteiger partial charge in [-0.1, -0.05) is 0 Å². The van der Waals surface area contributed by atoms with Crippen molar-refractivity contribution in [2.75, 3.05) is 11.9 Å². The second kappa shape index (κ2) is 9.50. The minimum atomic E-state index is -4.43. The maximum atomic E-state index is 12.7. The van der Waals surface area contributed by atoms with Gasteiger partial charge in [0, 0.05) is 42.8 Å². The quantitative estimate of drug-likeness (QED) is 0.402. The minimum Gasteiger partial charge on any atom is -0.362 e. The molecule has 0 amide bonds. The zero-order valence-corrected chi connectivity index (χ0v) is 18.4. The molecule has 8 nitrogen and oxygen atoms in total. The largest absolute Gasteiger partial charge is 0.435 e. The van der Waals surface area contributed by atoms with Gasteiger partial charge in [-0.15, -0.1) is 0 Å². The van der Waals surface area contributed by atoms with Gasteiger partial charge in [-0.2, -0.15) is 28.5 Å². The van der Waals surface area contributed by atoms with Gasteiger partial charge in [0.2, 0.25) is 0 Å². The molecule has 3 heterocycles. The standard InChI is InChI=1S/C19H25F3N8S/c1-4-29-14(3)15(9-25-29)11-28-12-16(10-24-28)26-18(31)23-6-5-7-30-13(2)8-17(27-30)19(20,21)22/h8-10,12H,4-7,11H2,1-3H3,(H2,23,26,31). The molecule has 0 aliphatic heterocycles. The number of thiocarbonyl (C=S) groups is 1. The number of anilines is 1. The van der Waals surface area contributed by atoms with Gasteiger partial charge < -0.3 is 10.6 Å². The van der Waals surface area contributed by atoms with Crippen LogP contribution < -0.4 is 10.6 Å². The number of halogens is 3. The van der Waals surface area contributed by atoms with Crippen LogP contribution in [-0.4, -0.2) is 41.0 Å². The summed E-state index contributed by atoms with van der Waals surface area (Å²) in [7, 11) is 0. The lowest BCUT2D eigenvalue weighted by Gasteiger charge is -2.09. The van der Waals surface area contributed by atoms with Crippen LogP contribution in [0, 0.1) is 13.8 Å². The number of alkyl halides is 3. The van der Waals surface area contributed by atoms with E-state index in [0.717, 1.165) is 29.6 Å². The Hall–Kier alpha value is -2.89. The number of aromatic nitrogens is 6. The molecule has 0 aromatic carbocycles. The van der Waals surface area contributed by atoms with Crippen LogP contribution in [0.4, 0.5) is 18.9 Å². The summed E-state index contributed by atoms with van der Waals surface area (Å²) in [4.78, 5) is 0. The highest BCUT2D eigenvalue weighted by atomic mass is 32.1. The normalized spacial score (nSPS) is 11.7. The summed E-state index contributed by atoms with van der Waals surface area (Å²) in [5.74, 6) is 0. The van der Waals surface area contributed by atoms with Crippen molar-refractivity contribution in [1.82, 2.24) is 34.7 Å². The molecule has 3 rings (SSSR count). The van der Waals surface area contributed by atoms with Crippen molar-refractivity contribution in [3.63, 3.8) is 0 Å². The first kappa shape index (κ1) is 22.8. The summed E-state index contributed by atoms with van der Waals surface area (Å²) in [6, 6.07) is 1.05. The van der Waals surface area contributed by atoms with E-state index in [-0.39, 0.29) is 0 Å². The molecular weight excluding hydrogens is 429 g/mol. The first-order valence-electron chi connectivity index (χ1n) is 9.87.